The molecule has 0 spiro atoms. The molecule has 1 N–H and O–H groups in total. The van der Waals surface area contributed by atoms with Crippen LogP contribution in [0, 0.1) is 11.3 Å². The fourth-order valence-corrected chi connectivity index (χ4v) is 6.31. The van der Waals surface area contributed by atoms with Crippen LogP contribution in [0.5, 0.6) is 5.75 Å². The number of thiophene rings is 1. The van der Waals surface area contributed by atoms with Crippen molar-refractivity contribution >= 4 is 34.0 Å². The molecule has 1 aromatic carbocycles. The Morgan fingerprint density at radius 1 is 1.24 bits per heavy atom. The van der Waals surface area contributed by atoms with E-state index >= 15 is 0 Å². The van der Waals surface area contributed by atoms with E-state index < -0.39 is 0 Å². The number of nitrogens with zero attached hydrogens (tertiary/aromatic N) is 4. The summed E-state index contributed by atoms with van der Waals surface area (Å²) in [7, 11) is 1.67. The van der Waals surface area contributed by atoms with Gasteiger partial charge in [-0.3, -0.25) is 4.79 Å². The first-order valence-corrected chi connectivity index (χ1v) is 13.5. The first-order valence-electron chi connectivity index (χ1n) is 11.6. The molecule has 0 saturated carbocycles. The van der Waals surface area contributed by atoms with Crippen molar-refractivity contribution in [1.82, 2.24) is 14.8 Å². The van der Waals surface area contributed by atoms with Gasteiger partial charge in [-0.05, 0) is 68.7 Å². The lowest BCUT2D eigenvalue weighted by Crippen LogP contribution is -2.15. The molecule has 0 radical (unpaired) electrons. The molecule has 1 aliphatic rings. The molecule has 2 aromatic heterocycles. The Kier molecular flexibility index (Phi) is 8.25. The van der Waals surface area contributed by atoms with E-state index in [9.17, 15) is 10.1 Å². The predicted molar refractivity (Wildman–Crippen MR) is 136 cm³/mol. The Balaban J connectivity index is 1.31. The predicted octanol–water partition coefficient (Wildman–Crippen LogP) is 5.02. The zero-order chi connectivity index (χ0) is 23.9. The van der Waals surface area contributed by atoms with Crippen LogP contribution in [0.15, 0.2) is 29.4 Å². The normalized spacial score (nSPS) is 12.7. The van der Waals surface area contributed by atoms with Crippen LogP contribution >= 0.6 is 23.1 Å². The molecule has 7 nitrogen and oxygen atoms in total. The summed E-state index contributed by atoms with van der Waals surface area (Å²) in [6.45, 7) is 2.82. The molecule has 4 rings (SSSR count). The van der Waals surface area contributed by atoms with Gasteiger partial charge in [0.05, 0.1) is 18.4 Å². The molecule has 0 atom stereocenters. The highest BCUT2D eigenvalue weighted by Crippen LogP contribution is 2.37. The van der Waals surface area contributed by atoms with Crippen LogP contribution in [0.4, 0.5) is 5.00 Å². The van der Waals surface area contributed by atoms with Gasteiger partial charge in [-0.25, -0.2) is 0 Å². The maximum atomic E-state index is 12.6. The van der Waals surface area contributed by atoms with Gasteiger partial charge in [0.2, 0.25) is 5.91 Å². The Morgan fingerprint density at radius 2 is 2.03 bits per heavy atom. The second kappa shape index (κ2) is 11.5. The number of fused-ring (bicyclic) bond motifs is 1. The molecule has 0 aliphatic heterocycles. The Bertz CT molecular complexity index is 1180. The maximum Gasteiger partial charge on any atom is 0.235 e. The SMILES string of the molecule is CCn1c(CCCc2ccc(OC)cc2)nnc1SCC(=O)Nc1sc2c(c1C#N)CCCC2. The average molecular weight is 496 g/mol. The van der Waals surface area contributed by atoms with Gasteiger partial charge in [0.15, 0.2) is 5.16 Å². The summed E-state index contributed by atoms with van der Waals surface area (Å²) in [5.41, 5.74) is 3.04. The number of aromatic nitrogens is 3. The smallest absolute Gasteiger partial charge is 0.235 e. The van der Waals surface area contributed by atoms with E-state index in [4.69, 9.17) is 4.74 Å². The van der Waals surface area contributed by atoms with Gasteiger partial charge in [-0.2, -0.15) is 5.26 Å². The average Bonchev–Trinajstić information content (AvgIpc) is 3.42. The molecule has 0 fully saturated rings. The van der Waals surface area contributed by atoms with Gasteiger partial charge in [-0.1, -0.05) is 23.9 Å². The lowest BCUT2D eigenvalue weighted by atomic mass is 9.96. The van der Waals surface area contributed by atoms with E-state index in [1.165, 1.54) is 22.2 Å². The zero-order valence-corrected chi connectivity index (χ0v) is 21.2. The van der Waals surface area contributed by atoms with Crippen molar-refractivity contribution in [1.29, 1.82) is 5.26 Å². The Hall–Kier alpha value is -2.83. The van der Waals surface area contributed by atoms with Gasteiger partial charge in [0, 0.05) is 17.8 Å². The first-order chi connectivity index (χ1) is 16.6. The molecule has 178 valence electrons. The van der Waals surface area contributed by atoms with Gasteiger partial charge in [0.1, 0.15) is 22.6 Å². The summed E-state index contributed by atoms with van der Waals surface area (Å²) in [6, 6.07) is 10.4. The van der Waals surface area contributed by atoms with Gasteiger partial charge >= 0.3 is 0 Å². The summed E-state index contributed by atoms with van der Waals surface area (Å²) in [5.74, 6) is 1.92. The summed E-state index contributed by atoms with van der Waals surface area (Å²) in [4.78, 5) is 13.9. The van der Waals surface area contributed by atoms with Crippen molar-refractivity contribution in [2.45, 2.75) is 63.6 Å². The van der Waals surface area contributed by atoms with Crippen molar-refractivity contribution in [3.8, 4) is 11.8 Å². The summed E-state index contributed by atoms with van der Waals surface area (Å²) >= 11 is 2.94. The number of amides is 1. The molecule has 1 aliphatic carbocycles. The summed E-state index contributed by atoms with van der Waals surface area (Å²) in [5, 5.41) is 22.7. The quantitative estimate of drug-likeness (QED) is 0.397. The number of carbonyl (C=O) groups is 1. The topological polar surface area (TPSA) is 92.8 Å². The van der Waals surface area contributed by atoms with Crippen LogP contribution in [-0.4, -0.2) is 33.5 Å². The molecule has 1 amide bonds. The monoisotopic (exact) mass is 495 g/mol. The summed E-state index contributed by atoms with van der Waals surface area (Å²) < 4.78 is 7.29. The molecular weight excluding hydrogens is 466 g/mol. The minimum absolute atomic E-state index is 0.119. The van der Waals surface area contributed by atoms with Crippen molar-refractivity contribution < 1.29 is 9.53 Å². The number of rotatable bonds is 10. The number of thioether (sulfide) groups is 1. The van der Waals surface area contributed by atoms with Gasteiger partial charge < -0.3 is 14.6 Å². The van der Waals surface area contributed by atoms with Crippen LogP contribution in [-0.2, 0) is 37.0 Å². The third-order valence-corrected chi connectivity index (χ3v) is 8.18. The fourth-order valence-electron chi connectivity index (χ4n) is 4.24. The maximum absolute atomic E-state index is 12.6. The third kappa shape index (κ3) is 5.62. The molecule has 0 bridgehead atoms. The molecule has 34 heavy (non-hydrogen) atoms. The van der Waals surface area contributed by atoms with E-state index in [0.717, 1.165) is 73.8 Å². The molecule has 0 saturated heterocycles. The van der Waals surface area contributed by atoms with Crippen molar-refractivity contribution in [2.24, 2.45) is 0 Å². The minimum Gasteiger partial charge on any atom is -0.497 e. The van der Waals surface area contributed by atoms with Crippen LogP contribution in [0.1, 0.15) is 53.6 Å². The zero-order valence-electron chi connectivity index (χ0n) is 19.6. The Morgan fingerprint density at radius 3 is 2.76 bits per heavy atom. The number of hydrogen-bond donors (Lipinski definition) is 1. The number of carbonyl (C=O) groups excluding carboxylic acids is 1. The van der Waals surface area contributed by atoms with Crippen molar-refractivity contribution in [3.63, 3.8) is 0 Å². The largest absolute Gasteiger partial charge is 0.497 e. The van der Waals surface area contributed by atoms with Crippen LogP contribution in [0.3, 0.4) is 0 Å². The highest BCUT2D eigenvalue weighted by Gasteiger charge is 2.22. The van der Waals surface area contributed by atoms with Crippen LogP contribution in [0.25, 0.3) is 0 Å². The van der Waals surface area contributed by atoms with Crippen LogP contribution < -0.4 is 10.1 Å². The number of nitriles is 1. The Labute approximate surface area is 208 Å². The lowest BCUT2D eigenvalue weighted by molar-refractivity contribution is -0.113. The number of benzene rings is 1. The molecule has 3 aromatic rings. The number of hydrogen-bond acceptors (Lipinski definition) is 7. The van der Waals surface area contributed by atoms with Crippen molar-refractivity contribution in [2.75, 3.05) is 18.2 Å². The second-order valence-corrected chi connectivity index (χ2v) is 10.3. The molecule has 9 heteroatoms. The number of ether oxygens (including phenoxy) is 1. The number of aryl methyl sites for hydroxylation is 3. The number of anilines is 1. The van der Waals surface area contributed by atoms with E-state index in [1.807, 2.05) is 12.1 Å². The number of nitrogens with one attached hydrogen (secondary N) is 1. The lowest BCUT2D eigenvalue weighted by Gasteiger charge is -2.09. The van der Waals surface area contributed by atoms with Gasteiger partial charge in [0.25, 0.3) is 0 Å². The molecule has 0 unspecified atom stereocenters. The van der Waals surface area contributed by atoms with Crippen LogP contribution in [0.2, 0.25) is 0 Å². The van der Waals surface area contributed by atoms with E-state index in [0.29, 0.717) is 10.6 Å². The molecular formula is C25H29N5O2S2. The second-order valence-electron chi connectivity index (χ2n) is 8.21. The van der Waals surface area contributed by atoms with E-state index in [-0.39, 0.29) is 11.7 Å². The highest BCUT2D eigenvalue weighted by atomic mass is 32.2. The standard InChI is InChI=1S/C25H29N5O2S2/c1-3-30-22(10-6-7-17-11-13-18(32-2)14-12-17)28-29-25(30)33-16-23(31)27-24-20(15-26)19-8-4-5-9-21(19)34-24/h11-14H,3-10,16H2,1-2H3,(H,27,31). The first kappa shape index (κ1) is 24.3. The van der Waals surface area contributed by atoms with Crippen molar-refractivity contribution in [3.05, 3.63) is 51.7 Å². The third-order valence-electron chi connectivity index (χ3n) is 6.00. The molecule has 2 heterocycles. The number of methoxy groups -OCH3 is 1. The van der Waals surface area contributed by atoms with Gasteiger partial charge in [-0.15, -0.1) is 21.5 Å². The minimum atomic E-state index is -0.119. The van der Waals surface area contributed by atoms with E-state index in [1.54, 1.807) is 18.4 Å². The van der Waals surface area contributed by atoms with E-state index in [2.05, 4.69) is 45.2 Å². The fraction of sp³-hybridized carbons (Fsp3) is 0.440. The highest BCUT2D eigenvalue weighted by molar-refractivity contribution is 7.99. The summed E-state index contributed by atoms with van der Waals surface area (Å²) in [6.07, 6.45) is 6.94.